The van der Waals surface area contributed by atoms with Crippen molar-refractivity contribution in [1.29, 1.82) is 0 Å². The number of carbonyl (C=O) groups is 3. The third-order valence-corrected chi connectivity index (χ3v) is 7.17. The summed E-state index contributed by atoms with van der Waals surface area (Å²) >= 11 is 0. The van der Waals surface area contributed by atoms with Gasteiger partial charge >= 0.3 is 0 Å². The highest BCUT2D eigenvalue weighted by atomic mass is 16.5. The minimum absolute atomic E-state index is 0.0330. The maximum absolute atomic E-state index is 13.3. The van der Waals surface area contributed by atoms with Crippen LogP contribution in [0.5, 0.6) is 0 Å². The molecule has 2 aliphatic heterocycles. The molecule has 7 nitrogen and oxygen atoms in total. The standard InChI is InChI=1S/C27H31N3O4/c31-25(28-24(19-7-3-1-4-8-19)18-29-13-15-34-16-14-29)20-11-12-22-23(17-20)27(33)30(26(22)32)21-9-5-2-6-10-21/h1,3-4,7-8,11-12,17,21,24H,2,5-6,9-10,13-16,18H2,(H,28,31). The zero-order valence-corrected chi connectivity index (χ0v) is 19.4. The highest BCUT2D eigenvalue weighted by Gasteiger charge is 2.40. The Balaban J connectivity index is 1.34. The van der Waals surface area contributed by atoms with Crippen LogP contribution in [0.1, 0.15) is 74.8 Å². The maximum atomic E-state index is 13.3. The summed E-state index contributed by atoms with van der Waals surface area (Å²) in [6, 6.07) is 14.6. The van der Waals surface area contributed by atoms with E-state index in [4.69, 9.17) is 4.74 Å². The summed E-state index contributed by atoms with van der Waals surface area (Å²) in [4.78, 5) is 43.1. The first-order valence-electron chi connectivity index (χ1n) is 12.3. The van der Waals surface area contributed by atoms with E-state index in [-0.39, 0.29) is 29.8 Å². The molecule has 34 heavy (non-hydrogen) atoms. The number of morpholine rings is 1. The Morgan fingerprint density at radius 2 is 1.65 bits per heavy atom. The van der Waals surface area contributed by atoms with Crippen LogP contribution in [0.3, 0.4) is 0 Å². The quantitative estimate of drug-likeness (QED) is 0.667. The van der Waals surface area contributed by atoms with Gasteiger partial charge in [-0.2, -0.15) is 0 Å². The van der Waals surface area contributed by atoms with E-state index < -0.39 is 0 Å². The van der Waals surface area contributed by atoms with Crippen LogP contribution in [0.2, 0.25) is 0 Å². The summed E-state index contributed by atoms with van der Waals surface area (Å²) < 4.78 is 5.46. The molecule has 0 spiro atoms. The van der Waals surface area contributed by atoms with Gasteiger partial charge in [0, 0.05) is 31.2 Å². The van der Waals surface area contributed by atoms with Gasteiger partial charge in [-0.3, -0.25) is 24.2 Å². The Morgan fingerprint density at radius 1 is 0.941 bits per heavy atom. The van der Waals surface area contributed by atoms with Gasteiger partial charge in [-0.05, 0) is 36.6 Å². The second-order valence-electron chi connectivity index (χ2n) is 9.38. The fraction of sp³-hybridized carbons (Fsp3) is 0.444. The Hall–Kier alpha value is -3.03. The number of hydrogen-bond acceptors (Lipinski definition) is 5. The molecule has 2 fully saturated rings. The van der Waals surface area contributed by atoms with Crippen molar-refractivity contribution in [2.24, 2.45) is 0 Å². The van der Waals surface area contributed by atoms with E-state index in [0.717, 1.165) is 50.8 Å². The third kappa shape index (κ3) is 4.63. The second-order valence-corrected chi connectivity index (χ2v) is 9.38. The fourth-order valence-electron chi connectivity index (χ4n) is 5.27. The van der Waals surface area contributed by atoms with Gasteiger partial charge in [0.05, 0.1) is 30.4 Å². The molecule has 3 aliphatic rings. The first kappa shape index (κ1) is 22.7. The molecule has 1 saturated heterocycles. The van der Waals surface area contributed by atoms with E-state index in [1.807, 2.05) is 30.3 Å². The van der Waals surface area contributed by atoms with Crippen molar-refractivity contribution in [2.45, 2.75) is 44.2 Å². The summed E-state index contributed by atoms with van der Waals surface area (Å²) in [5, 5.41) is 3.16. The van der Waals surface area contributed by atoms with Crippen LogP contribution in [0.4, 0.5) is 0 Å². The number of amides is 3. The molecule has 1 atom stereocenters. The summed E-state index contributed by atoms with van der Waals surface area (Å²) in [6.45, 7) is 3.70. The molecule has 1 unspecified atom stereocenters. The Morgan fingerprint density at radius 3 is 2.38 bits per heavy atom. The van der Waals surface area contributed by atoms with Gasteiger partial charge in [0.25, 0.3) is 17.7 Å². The minimum Gasteiger partial charge on any atom is -0.379 e. The zero-order valence-electron chi connectivity index (χ0n) is 19.4. The lowest BCUT2D eigenvalue weighted by atomic mass is 9.94. The summed E-state index contributed by atoms with van der Waals surface area (Å²) in [6.07, 6.45) is 4.95. The van der Waals surface area contributed by atoms with Crippen LogP contribution in [0.15, 0.2) is 48.5 Å². The summed E-state index contributed by atoms with van der Waals surface area (Å²) in [5.74, 6) is -0.746. The molecule has 2 aromatic rings. The Kier molecular flexibility index (Phi) is 6.74. The monoisotopic (exact) mass is 461 g/mol. The molecule has 0 aromatic heterocycles. The molecule has 7 heteroatoms. The number of ether oxygens (including phenoxy) is 1. The fourth-order valence-corrected chi connectivity index (χ4v) is 5.27. The molecule has 1 saturated carbocycles. The van der Waals surface area contributed by atoms with Gasteiger partial charge in [0.15, 0.2) is 0 Å². The van der Waals surface area contributed by atoms with Gasteiger partial charge in [0.2, 0.25) is 0 Å². The third-order valence-electron chi connectivity index (χ3n) is 7.17. The van der Waals surface area contributed by atoms with Crippen LogP contribution in [-0.2, 0) is 4.74 Å². The van der Waals surface area contributed by atoms with Gasteiger partial charge < -0.3 is 10.1 Å². The van der Waals surface area contributed by atoms with Crippen LogP contribution in [0, 0.1) is 0 Å². The molecule has 178 valence electrons. The summed E-state index contributed by atoms with van der Waals surface area (Å²) in [7, 11) is 0. The number of imide groups is 1. The van der Waals surface area contributed by atoms with Crippen LogP contribution < -0.4 is 5.32 Å². The van der Waals surface area contributed by atoms with Crippen LogP contribution in [-0.4, -0.2) is 66.4 Å². The van der Waals surface area contributed by atoms with Gasteiger partial charge in [0.1, 0.15) is 0 Å². The largest absolute Gasteiger partial charge is 0.379 e. The predicted octanol–water partition coefficient (Wildman–Crippen LogP) is 3.42. The van der Waals surface area contributed by atoms with Crippen molar-refractivity contribution >= 4 is 17.7 Å². The number of carbonyl (C=O) groups excluding carboxylic acids is 3. The molecule has 3 amide bonds. The SMILES string of the molecule is O=C(NC(CN1CCOCC1)c1ccccc1)c1ccc2c(c1)C(=O)N(C1CCCCC1)C2=O. The average Bonchev–Trinajstić information content (AvgIpc) is 3.14. The molecular formula is C27H31N3O4. The number of nitrogens with zero attached hydrogens (tertiary/aromatic N) is 2. The normalized spacial score (nSPS) is 20.3. The Bertz CT molecular complexity index is 1060. The topological polar surface area (TPSA) is 79.0 Å². The number of hydrogen-bond donors (Lipinski definition) is 1. The molecule has 2 heterocycles. The van der Waals surface area contributed by atoms with E-state index in [0.29, 0.717) is 36.4 Å². The predicted molar refractivity (Wildman–Crippen MR) is 128 cm³/mol. The van der Waals surface area contributed by atoms with Crippen LogP contribution in [0.25, 0.3) is 0 Å². The van der Waals surface area contributed by atoms with Crippen molar-refractivity contribution < 1.29 is 19.1 Å². The van der Waals surface area contributed by atoms with Gasteiger partial charge in [-0.1, -0.05) is 49.6 Å². The smallest absolute Gasteiger partial charge is 0.261 e. The number of benzene rings is 2. The van der Waals surface area contributed by atoms with E-state index in [1.54, 1.807) is 18.2 Å². The van der Waals surface area contributed by atoms with Crippen LogP contribution >= 0.6 is 0 Å². The van der Waals surface area contributed by atoms with E-state index >= 15 is 0 Å². The molecule has 1 N–H and O–H groups in total. The first-order valence-corrected chi connectivity index (χ1v) is 12.3. The highest BCUT2D eigenvalue weighted by Crippen LogP contribution is 2.31. The maximum Gasteiger partial charge on any atom is 0.261 e. The molecular weight excluding hydrogens is 430 g/mol. The van der Waals surface area contributed by atoms with Crippen molar-refractivity contribution in [3.8, 4) is 0 Å². The van der Waals surface area contributed by atoms with E-state index in [2.05, 4.69) is 10.2 Å². The Labute approximate surface area is 200 Å². The number of nitrogens with one attached hydrogen (secondary N) is 1. The number of rotatable bonds is 6. The number of fused-ring (bicyclic) bond motifs is 1. The molecule has 1 aliphatic carbocycles. The van der Waals surface area contributed by atoms with Crippen molar-refractivity contribution in [3.63, 3.8) is 0 Å². The van der Waals surface area contributed by atoms with Gasteiger partial charge in [-0.25, -0.2) is 0 Å². The first-order chi connectivity index (χ1) is 16.6. The molecule has 0 radical (unpaired) electrons. The second kappa shape index (κ2) is 10.1. The van der Waals surface area contributed by atoms with Crippen molar-refractivity contribution in [2.75, 3.05) is 32.8 Å². The van der Waals surface area contributed by atoms with E-state index in [1.165, 1.54) is 4.90 Å². The lowest BCUT2D eigenvalue weighted by molar-refractivity contribution is 0.0332. The van der Waals surface area contributed by atoms with Gasteiger partial charge in [-0.15, -0.1) is 0 Å². The highest BCUT2D eigenvalue weighted by molar-refractivity contribution is 6.22. The zero-order chi connectivity index (χ0) is 23.5. The molecule has 0 bridgehead atoms. The lowest BCUT2D eigenvalue weighted by Crippen LogP contribution is -2.43. The van der Waals surface area contributed by atoms with Crippen molar-refractivity contribution in [3.05, 3.63) is 70.8 Å². The lowest BCUT2D eigenvalue weighted by Gasteiger charge is -2.31. The minimum atomic E-state index is -0.269. The van der Waals surface area contributed by atoms with Crippen molar-refractivity contribution in [1.82, 2.24) is 15.1 Å². The molecule has 2 aromatic carbocycles. The average molecular weight is 462 g/mol. The van der Waals surface area contributed by atoms with E-state index in [9.17, 15) is 14.4 Å². The summed E-state index contributed by atoms with van der Waals surface area (Å²) in [5.41, 5.74) is 2.17. The molecule has 5 rings (SSSR count).